The molecule has 0 aliphatic rings. The zero-order valence-corrected chi connectivity index (χ0v) is 6.97. The quantitative estimate of drug-likeness (QED) is 0.551. The number of hydrogen-bond donors (Lipinski definition) is 0. The summed E-state index contributed by atoms with van der Waals surface area (Å²) in [5.74, 6) is 0.207. The zero-order chi connectivity index (χ0) is 8.69. The van der Waals surface area contributed by atoms with Gasteiger partial charge in [0.1, 0.15) is 5.78 Å². The van der Waals surface area contributed by atoms with Crippen LogP contribution in [0.2, 0.25) is 0 Å². The molecule has 1 heteroatoms. The fraction of sp³-hybridized carbons (Fsp3) is 0.300. The van der Waals surface area contributed by atoms with Crippen molar-refractivity contribution in [2.75, 3.05) is 0 Å². The summed E-state index contributed by atoms with van der Waals surface area (Å²) in [6, 6.07) is 0. The summed E-state index contributed by atoms with van der Waals surface area (Å²) in [5, 5.41) is 0. The number of hydrogen-bond acceptors (Lipinski definition) is 1. The molecule has 0 aromatic heterocycles. The summed E-state index contributed by atoms with van der Waals surface area (Å²) < 4.78 is 0. The molecular formula is C10H14O. The third-order valence-corrected chi connectivity index (χ3v) is 1.27. The van der Waals surface area contributed by atoms with Gasteiger partial charge in [0.15, 0.2) is 0 Å². The first-order valence-electron chi connectivity index (χ1n) is 3.63. The van der Waals surface area contributed by atoms with Gasteiger partial charge in [-0.3, -0.25) is 0 Å². The van der Waals surface area contributed by atoms with E-state index in [1.54, 1.807) is 13.0 Å². The Balaban J connectivity index is 3.61. The molecule has 0 radical (unpaired) electrons. The first-order valence-corrected chi connectivity index (χ1v) is 3.63. The molecule has 1 nitrogen and oxygen atoms in total. The van der Waals surface area contributed by atoms with E-state index in [1.165, 1.54) is 0 Å². The molecule has 0 fully saturated rings. The fourth-order valence-electron chi connectivity index (χ4n) is 0.624. The number of rotatable bonds is 5. The third kappa shape index (κ3) is 6.78. The van der Waals surface area contributed by atoms with Crippen LogP contribution in [0.4, 0.5) is 0 Å². The molecule has 0 saturated heterocycles. The Hall–Kier alpha value is -1.11. The molecule has 0 aromatic rings. The molecule has 0 N–H and O–H groups in total. The smallest absolute Gasteiger partial charge is 0.130 e. The molecule has 11 heavy (non-hydrogen) atoms. The van der Waals surface area contributed by atoms with Gasteiger partial charge >= 0.3 is 0 Å². The summed E-state index contributed by atoms with van der Waals surface area (Å²) in [5.41, 5.74) is 0.972. The van der Waals surface area contributed by atoms with Crippen molar-refractivity contribution in [2.45, 2.75) is 19.8 Å². The van der Waals surface area contributed by atoms with E-state index in [4.69, 9.17) is 0 Å². The Labute approximate surface area is 68.1 Å². The maximum absolute atomic E-state index is 10.5. The molecule has 0 atom stereocenters. The van der Waals surface area contributed by atoms with Crippen LogP contribution in [-0.4, -0.2) is 5.78 Å². The van der Waals surface area contributed by atoms with E-state index >= 15 is 0 Å². The number of ketones is 1. The van der Waals surface area contributed by atoms with Crippen LogP contribution in [0.5, 0.6) is 0 Å². The van der Waals surface area contributed by atoms with Crippen LogP contribution in [0, 0.1) is 0 Å². The zero-order valence-electron chi connectivity index (χ0n) is 6.97. The lowest BCUT2D eigenvalue weighted by atomic mass is 10.1. The number of allylic oxidation sites excluding steroid dienone is 4. The van der Waals surface area contributed by atoms with E-state index in [1.807, 2.05) is 12.2 Å². The molecule has 0 heterocycles. The molecule has 0 unspecified atom stereocenters. The van der Waals surface area contributed by atoms with Crippen LogP contribution in [-0.2, 0) is 4.79 Å². The number of carbonyl (C=O) groups excluding carboxylic acids is 1. The standard InChI is InChI=1S/C10H14O/c1-4-5-6-9(2)7-8-10(3)11/h4-6H,1-2,7-8H2,3H3. The van der Waals surface area contributed by atoms with Crippen LogP contribution < -0.4 is 0 Å². The Bertz CT molecular complexity index is 187. The highest BCUT2D eigenvalue weighted by Crippen LogP contribution is 2.03. The van der Waals surface area contributed by atoms with Gasteiger partial charge in [-0.25, -0.2) is 0 Å². The van der Waals surface area contributed by atoms with Gasteiger partial charge < -0.3 is 4.79 Å². The summed E-state index contributed by atoms with van der Waals surface area (Å²) in [6.07, 6.45) is 6.72. The number of Topliss-reactive ketones (excluding diaryl/α,β-unsaturated/α-hetero) is 1. The molecule has 60 valence electrons. The minimum atomic E-state index is 0.207. The maximum Gasteiger partial charge on any atom is 0.130 e. The normalized spacial score (nSPS) is 9.91. The lowest BCUT2D eigenvalue weighted by Gasteiger charge is -1.94. The Morgan fingerprint density at radius 1 is 1.45 bits per heavy atom. The van der Waals surface area contributed by atoms with Crippen molar-refractivity contribution >= 4 is 5.78 Å². The van der Waals surface area contributed by atoms with E-state index in [0.29, 0.717) is 6.42 Å². The van der Waals surface area contributed by atoms with Crippen molar-refractivity contribution in [1.29, 1.82) is 0 Å². The Kier molecular flexibility index (Phi) is 5.09. The fourth-order valence-corrected chi connectivity index (χ4v) is 0.624. The van der Waals surface area contributed by atoms with Crippen LogP contribution in [0.3, 0.4) is 0 Å². The molecule has 0 aliphatic heterocycles. The summed E-state index contributed by atoms with van der Waals surface area (Å²) in [6.45, 7) is 8.90. The molecule has 0 spiro atoms. The predicted molar refractivity (Wildman–Crippen MR) is 48.4 cm³/mol. The maximum atomic E-state index is 10.5. The topological polar surface area (TPSA) is 17.1 Å². The predicted octanol–water partition coefficient (Wildman–Crippen LogP) is 2.65. The lowest BCUT2D eigenvalue weighted by molar-refractivity contribution is -0.116. The van der Waals surface area contributed by atoms with Gasteiger partial charge in [-0.1, -0.05) is 37.0 Å². The van der Waals surface area contributed by atoms with Gasteiger partial charge in [-0.15, -0.1) is 0 Å². The highest BCUT2D eigenvalue weighted by molar-refractivity contribution is 5.75. The first-order chi connectivity index (χ1) is 5.16. The molecule has 0 aromatic carbocycles. The second-order valence-electron chi connectivity index (χ2n) is 2.46. The minimum Gasteiger partial charge on any atom is -0.300 e. The first kappa shape index (κ1) is 9.89. The molecule has 0 saturated carbocycles. The Morgan fingerprint density at radius 2 is 2.09 bits per heavy atom. The van der Waals surface area contributed by atoms with Crippen molar-refractivity contribution in [1.82, 2.24) is 0 Å². The molecular weight excluding hydrogens is 136 g/mol. The third-order valence-electron chi connectivity index (χ3n) is 1.27. The lowest BCUT2D eigenvalue weighted by Crippen LogP contribution is -1.89. The van der Waals surface area contributed by atoms with Crippen molar-refractivity contribution in [3.8, 4) is 0 Å². The average Bonchev–Trinajstić information content (AvgIpc) is 1.97. The van der Waals surface area contributed by atoms with E-state index in [0.717, 1.165) is 12.0 Å². The van der Waals surface area contributed by atoms with Crippen molar-refractivity contribution in [3.05, 3.63) is 37.0 Å². The van der Waals surface area contributed by atoms with Crippen molar-refractivity contribution < 1.29 is 4.79 Å². The molecule has 0 amide bonds. The van der Waals surface area contributed by atoms with Gasteiger partial charge in [0.25, 0.3) is 0 Å². The molecule has 0 rings (SSSR count). The van der Waals surface area contributed by atoms with E-state index < -0.39 is 0 Å². The minimum absolute atomic E-state index is 0.207. The second-order valence-corrected chi connectivity index (χ2v) is 2.46. The van der Waals surface area contributed by atoms with Crippen LogP contribution in [0.25, 0.3) is 0 Å². The number of carbonyl (C=O) groups is 1. The van der Waals surface area contributed by atoms with Crippen LogP contribution in [0.15, 0.2) is 37.0 Å². The van der Waals surface area contributed by atoms with Gasteiger partial charge in [0, 0.05) is 6.42 Å². The summed E-state index contributed by atoms with van der Waals surface area (Å²) >= 11 is 0. The Morgan fingerprint density at radius 3 is 2.55 bits per heavy atom. The van der Waals surface area contributed by atoms with Crippen LogP contribution >= 0.6 is 0 Å². The van der Waals surface area contributed by atoms with Crippen molar-refractivity contribution in [3.63, 3.8) is 0 Å². The molecule has 0 bridgehead atoms. The van der Waals surface area contributed by atoms with Gasteiger partial charge in [-0.05, 0) is 13.3 Å². The highest BCUT2D eigenvalue weighted by atomic mass is 16.1. The summed E-state index contributed by atoms with van der Waals surface area (Å²) in [7, 11) is 0. The van der Waals surface area contributed by atoms with Gasteiger partial charge in [0.2, 0.25) is 0 Å². The van der Waals surface area contributed by atoms with Crippen LogP contribution in [0.1, 0.15) is 19.8 Å². The monoisotopic (exact) mass is 150 g/mol. The highest BCUT2D eigenvalue weighted by Gasteiger charge is 1.93. The van der Waals surface area contributed by atoms with E-state index in [9.17, 15) is 4.79 Å². The van der Waals surface area contributed by atoms with Crippen molar-refractivity contribution in [2.24, 2.45) is 0 Å². The largest absolute Gasteiger partial charge is 0.300 e. The van der Waals surface area contributed by atoms with Gasteiger partial charge in [-0.2, -0.15) is 0 Å². The molecule has 0 aliphatic carbocycles. The van der Waals surface area contributed by atoms with E-state index in [-0.39, 0.29) is 5.78 Å². The summed E-state index contributed by atoms with van der Waals surface area (Å²) in [4.78, 5) is 10.5. The SMILES string of the molecule is C=CC=CC(=C)CCC(C)=O. The second kappa shape index (κ2) is 5.66. The van der Waals surface area contributed by atoms with Gasteiger partial charge in [0.05, 0.1) is 0 Å². The average molecular weight is 150 g/mol. The van der Waals surface area contributed by atoms with E-state index in [2.05, 4.69) is 13.2 Å².